The predicted octanol–water partition coefficient (Wildman–Crippen LogP) is 3.99. The summed E-state index contributed by atoms with van der Waals surface area (Å²) in [5.74, 6) is 1.74. The summed E-state index contributed by atoms with van der Waals surface area (Å²) in [6.45, 7) is 6.00. The lowest BCUT2D eigenvalue weighted by molar-refractivity contribution is -0.113. The van der Waals surface area contributed by atoms with E-state index in [1.807, 2.05) is 63.2 Å². The zero-order valence-electron chi connectivity index (χ0n) is 16.7. The van der Waals surface area contributed by atoms with Gasteiger partial charge in [-0.2, -0.15) is 15.0 Å². The summed E-state index contributed by atoms with van der Waals surface area (Å²) < 4.78 is 0. The average molecular weight is 409 g/mol. The number of aryl methyl sites for hydroxylation is 3. The quantitative estimate of drug-likeness (QED) is 0.543. The fraction of sp³-hybridized carbons (Fsp3) is 0.238. The average Bonchev–Trinajstić information content (AvgIpc) is 2.65. The Hall–Kier alpha value is -3.13. The Bertz CT molecular complexity index is 1020. The molecule has 7 nitrogen and oxygen atoms in total. The molecule has 1 aromatic heterocycles. The number of nitrogens with two attached hydrogens (primary N) is 1. The number of amides is 1. The van der Waals surface area contributed by atoms with Crippen LogP contribution in [0, 0.1) is 20.8 Å². The molecular weight excluding hydrogens is 384 g/mol. The van der Waals surface area contributed by atoms with Crippen molar-refractivity contribution in [2.75, 3.05) is 22.1 Å². The molecule has 3 rings (SSSR count). The molecule has 0 aliphatic carbocycles. The minimum atomic E-state index is -0.0674. The lowest BCUT2D eigenvalue weighted by atomic mass is 10.1. The van der Waals surface area contributed by atoms with Gasteiger partial charge in [0.15, 0.2) is 0 Å². The Balaban J connectivity index is 1.57. The first-order valence-corrected chi connectivity index (χ1v) is 10.3. The van der Waals surface area contributed by atoms with Crippen molar-refractivity contribution in [2.45, 2.75) is 26.5 Å². The Labute approximate surface area is 174 Å². The summed E-state index contributed by atoms with van der Waals surface area (Å²) >= 11 is 1.42. The second-order valence-corrected chi connectivity index (χ2v) is 7.72. The number of anilines is 4. The van der Waals surface area contributed by atoms with E-state index < -0.39 is 0 Å². The van der Waals surface area contributed by atoms with E-state index in [2.05, 4.69) is 25.6 Å². The van der Waals surface area contributed by atoms with Gasteiger partial charge in [0.25, 0.3) is 0 Å². The van der Waals surface area contributed by atoms with Crippen molar-refractivity contribution in [3.8, 4) is 0 Å². The molecule has 0 aliphatic rings. The molecular formula is C21H24N6OS. The SMILES string of the molecule is Cc1ccc(NC(=O)CSCc2nc(N)nc(Nc3ccccc3C)n2)c(C)c1. The van der Waals surface area contributed by atoms with Crippen LogP contribution in [0.25, 0.3) is 0 Å². The fourth-order valence-electron chi connectivity index (χ4n) is 2.77. The molecule has 0 atom stereocenters. The molecule has 0 radical (unpaired) electrons. The summed E-state index contributed by atoms with van der Waals surface area (Å²) in [5.41, 5.74) is 10.8. The van der Waals surface area contributed by atoms with Gasteiger partial charge in [-0.25, -0.2) is 0 Å². The van der Waals surface area contributed by atoms with Crippen molar-refractivity contribution in [1.82, 2.24) is 15.0 Å². The Morgan fingerprint density at radius 3 is 2.55 bits per heavy atom. The topological polar surface area (TPSA) is 106 Å². The molecule has 0 spiro atoms. The van der Waals surface area contributed by atoms with Gasteiger partial charge in [-0.05, 0) is 44.0 Å². The van der Waals surface area contributed by atoms with Gasteiger partial charge in [0.1, 0.15) is 5.82 Å². The van der Waals surface area contributed by atoms with Gasteiger partial charge < -0.3 is 16.4 Å². The summed E-state index contributed by atoms with van der Waals surface area (Å²) in [6.07, 6.45) is 0. The van der Waals surface area contributed by atoms with Crippen molar-refractivity contribution >= 4 is 40.9 Å². The minimum Gasteiger partial charge on any atom is -0.368 e. The van der Waals surface area contributed by atoms with E-state index in [0.717, 1.165) is 28.1 Å². The van der Waals surface area contributed by atoms with Crippen molar-refractivity contribution in [2.24, 2.45) is 0 Å². The second-order valence-electron chi connectivity index (χ2n) is 6.73. The molecule has 1 amide bonds. The van der Waals surface area contributed by atoms with E-state index in [1.165, 1.54) is 11.8 Å². The van der Waals surface area contributed by atoms with Crippen molar-refractivity contribution in [1.29, 1.82) is 0 Å². The number of para-hydroxylation sites is 1. The maximum absolute atomic E-state index is 12.2. The van der Waals surface area contributed by atoms with E-state index in [4.69, 9.17) is 5.73 Å². The van der Waals surface area contributed by atoms with E-state index in [0.29, 0.717) is 23.3 Å². The number of hydrogen-bond donors (Lipinski definition) is 3. The summed E-state index contributed by atoms with van der Waals surface area (Å²) in [6, 6.07) is 13.8. The lowest BCUT2D eigenvalue weighted by Gasteiger charge is -2.10. The first-order chi connectivity index (χ1) is 13.9. The van der Waals surface area contributed by atoms with E-state index in [-0.39, 0.29) is 11.9 Å². The van der Waals surface area contributed by atoms with Crippen LogP contribution < -0.4 is 16.4 Å². The van der Waals surface area contributed by atoms with Crippen LogP contribution in [-0.2, 0) is 10.5 Å². The third-order valence-electron chi connectivity index (χ3n) is 4.21. The fourth-order valence-corrected chi connectivity index (χ4v) is 3.44. The number of nitrogens with one attached hydrogen (secondary N) is 2. The lowest BCUT2D eigenvalue weighted by Crippen LogP contribution is -2.15. The van der Waals surface area contributed by atoms with Gasteiger partial charge in [0, 0.05) is 11.4 Å². The molecule has 0 saturated heterocycles. The van der Waals surface area contributed by atoms with Crippen LogP contribution in [0.4, 0.5) is 23.3 Å². The highest BCUT2D eigenvalue weighted by Gasteiger charge is 2.09. The molecule has 0 bridgehead atoms. The number of carbonyl (C=O) groups is 1. The van der Waals surface area contributed by atoms with Gasteiger partial charge in [-0.3, -0.25) is 4.79 Å². The zero-order valence-corrected chi connectivity index (χ0v) is 17.5. The second kappa shape index (κ2) is 9.38. The third kappa shape index (κ3) is 5.92. The van der Waals surface area contributed by atoms with Gasteiger partial charge in [0.05, 0.1) is 11.5 Å². The third-order valence-corrected chi connectivity index (χ3v) is 5.14. The molecule has 150 valence electrons. The smallest absolute Gasteiger partial charge is 0.234 e. The van der Waals surface area contributed by atoms with Crippen LogP contribution in [0.5, 0.6) is 0 Å². The Kier molecular flexibility index (Phi) is 6.66. The number of carbonyl (C=O) groups excluding carboxylic acids is 1. The Morgan fingerprint density at radius 2 is 1.79 bits per heavy atom. The van der Waals surface area contributed by atoms with Crippen LogP contribution in [-0.4, -0.2) is 26.6 Å². The molecule has 4 N–H and O–H groups in total. The first-order valence-electron chi connectivity index (χ1n) is 9.18. The number of nitrogen functional groups attached to an aromatic ring is 1. The van der Waals surface area contributed by atoms with Crippen LogP contribution >= 0.6 is 11.8 Å². The number of thioether (sulfide) groups is 1. The summed E-state index contributed by atoms with van der Waals surface area (Å²) in [4.78, 5) is 24.9. The largest absolute Gasteiger partial charge is 0.368 e. The number of nitrogens with zero attached hydrogens (tertiary/aromatic N) is 3. The predicted molar refractivity (Wildman–Crippen MR) is 119 cm³/mol. The number of hydrogen-bond acceptors (Lipinski definition) is 7. The number of benzene rings is 2. The highest BCUT2D eigenvalue weighted by Crippen LogP contribution is 2.20. The molecule has 8 heteroatoms. The van der Waals surface area contributed by atoms with Gasteiger partial charge in [-0.15, -0.1) is 11.8 Å². The highest BCUT2D eigenvalue weighted by molar-refractivity contribution is 7.99. The molecule has 0 unspecified atom stereocenters. The van der Waals surface area contributed by atoms with Crippen LogP contribution in [0.15, 0.2) is 42.5 Å². The standard InChI is InChI=1S/C21H24N6OS/c1-13-8-9-17(15(3)10-13)23-19(28)12-29-11-18-25-20(22)27-21(26-18)24-16-7-5-4-6-14(16)2/h4-10H,11-12H2,1-3H3,(H,23,28)(H3,22,24,25,26,27). The maximum atomic E-state index is 12.2. The van der Waals surface area contributed by atoms with Crippen molar-refractivity contribution < 1.29 is 4.79 Å². The molecule has 0 aliphatic heterocycles. The van der Waals surface area contributed by atoms with Crippen LogP contribution in [0.3, 0.4) is 0 Å². The van der Waals surface area contributed by atoms with Gasteiger partial charge >= 0.3 is 0 Å². The monoisotopic (exact) mass is 408 g/mol. The number of aromatic nitrogens is 3. The van der Waals surface area contributed by atoms with E-state index >= 15 is 0 Å². The first kappa shape index (κ1) is 20.6. The molecule has 0 fully saturated rings. The van der Waals surface area contributed by atoms with Crippen molar-refractivity contribution in [3.05, 3.63) is 65.0 Å². The Morgan fingerprint density at radius 1 is 1.00 bits per heavy atom. The van der Waals surface area contributed by atoms with Crippen LogP contribution in [0.2, 0.25) is 0 Å². The van der Waals surface area contributed by atoms with Gasteiger partial charge in [0.2, 0.25) is 17.8 Å². The van der Waals surface area contributed by atoms with E-state index in [9.17, 15) is 4.79 Å². The molecule has 0 saturated carbocycles. The molecule has 29 heavy (non-hydrogen) atoms. The van der Waals surface area contributed by atoms with Crippen LogP contribution in [0.1, 0.15) is 22.5 Å². The van der Waals surface area contributed by atoms with E-state index in [1.54, 1.807) is 0 Å². The molecule has 2 aromatic carbocycles. The minimum absolute atomic E-state index is 0.0674. The number of rotatable bonds is 7. The maximum Gasteiger partial charge on any atom is 0.234 e. The highest BCUT2D eigenvalue weighted by atomic mass is 32.2. The van der Waals surface area contributed by atoms with Crippen molar-refractivity contribution in [3.63, 3.8) is 0 Å². The normalized spacial score (nSPS) is 10.6. The summed E-state index contributed by atoms with van der Waals surface area (Å²) in [7, 11) is 0. The zero-order chi connectivity index (χ0) is 20.8. The van der Waals surface area contributed by atoms with Gasteiger partial charge in [-0.1, -0.05) is 35.9 Å². The summed E-state index contributed by atoms with van der Waals surface area (Å²) in [5, 5.41) is 6.10. The molecule has 1 heterocycles. The molecule has 3 aromatic rings.